The van der Waals surface area contributed by atoms with E-state index < -0.39 is 86.8 Å². The van der Waals surface area contributed by atoms with E-state index in [2.05, 4.69) is 43.5 Å². The SMILES string of the molecule is CCCCCCCCCC/C=C/CC/C=C/CC/C=C/C(O)C(COC1OC(CO)C(OC2OC(CO)C(O)C(O)C2O)C(O)C1O)NC(=O)CCCCCCCCCCCCCC. The number of carbonyl (C=O) groups excluding carboxylic acids is 1. The van der Waals surface area contributed by atoms with Gasteiger partial charge >= 0.3 is 0 Å². The number of aliphatic hydroxyl groups excluding tert-OH is 8. The normalized spacial score (nSPS) is 27.5. The average Bonchev–Trinajstić information content (AvgIpc) is 3.29. The van der Waals surface area contributed by atoms with Crippen molar-refractivity contribution >= 4 is 5.91 Å². The van der Waals surface area contributed by atoms with Gasteiger partial charge in [0.1, 0.15) is 48.8 Å². The van der Waals surface area contributed by atoms with E-state index >= 15 is 0 Å². The summed E-state index contributed by atoms with van der Waals surface area (Å²) >= 11 is 0. The van der Waals surface area contributed by atoms with Gasteiger partial charge in [-0.3, -0.25) is 4.79 Å². The number of hydrogen-bond acceptors (Lipinski definition) is 13. The maximum atomic E-state index is 13.1. The second kappa shape index (κ2) is 37.2. The zero-order valence-corrected chi connectivity index (χ0v) is 39.5. The Labute approximate surface area is 385 Å². The molecule has 64 heavy (non-hydrogen) atoms. The van der Waals surface area contributed by atoms with E-state index in [1.165, 1.54) is 103 Å². The zero-order valence-electron chi connectivity index (χ0n) is 39.5. The molecule has 2 aliphatic rings. The molecule has 2 heterocycles. The Morgan fingerprint density at radius 3 is 1.53 bits per heavy atom. The fourth-order valence-corrected chi connectivity index (χ4v) is 8.14. The van der Waals surface area contributed by atoms with Crippen LogP contribution in [0.5, 0.6) is 0 Å². The number of unbranched alkanes of at least 4 members (excludes halogenated alkanes) is 21. The Balaban J connectivity index is 1.88. The summed E-state index contributed by atoms with van der Waals surface area (Å²) in [6.45, 7) is 2.74. The number of hydrogen-bond donors (Lipinski definition) is 9. The molecule has 374 valence electrons. The molecule has 0 spiro atoms. The van der Waals surface area contributed by atoms with Gasteiger partial charge in [-0.15, -0.1) is 0 Å². The summed E-state index contributed by atoms with van der Waals surface area (Å²) in [5.74, 6) is -0.255. The number of nitrogens with one attached hydrogen (secondary N) is 1. The highest BCUT2D eigenvalue weighted by atomic mass is 16.7. The van der Waals surface area contributed by atoms with Gasteiger partial charge in [0.15, 0.2) is 12.6 Å². The predicted molar refractivity (Wildman–Crippen MR) is 249 cm³/mol. The molecule has 0 aromatic heterocycles. The molecule has 2 saturated heterocycles. The van der Waals surface area contributed by atoms with Gasteiger partial charge in [0.25, 0.3) is 0 Å². The number of ether oxygens (including phenoxy) is 4. The highest BCUT2D eigenvalue weighted by Gasteiger charge is 2.51. The van der Waals surface area contributed by atoms with Crippen LogP contribution in [0.4, 0.5) is 0 Å². The summed E-state index contributed by atoms with van der Waals surface area (Å²) in [6, 6.07) is -0.933. The van der Waals surface area contributed by atoms with E-state index in [1.807, 2.05) is 6.08 Å². The van der Waals surface area contributed by atoms with Crippen molar-refractivity contribution in [2.24, 2.45) is 0 Å². The lowest BCUT2D eigenvalue weighted by Crippen LogP contribution is -2.65. The number of rotatable bonds is 38. The van der Waals surface area contributed by atoms with Crippen molar-refractivity contribution in [3.8, 4) is 0 Å². The predicted octanol–water partition coefficient (Wildman–Crippen LogP) is 6.32. The molecule has 2 fully saturated rings. The summed E-state index contributed by atoms with van der Waals surface area (Å²) in [4.78, 5) is 13.1. The van der Waals surface area contributed by atoms with E-state index in [-0.39, 0.29) is 18.9 Å². The number of amides is 1. The maximum Gasteiger partial charge on any atom is 0.220 e. The smallest absolute Gasteiger partial charge is 0.220 e. The van der Waals surface area contributed by atoms with Gasteiger partial charge in [0.2, 0.25) is 5.91 Å². The van der Waals surface area contributed by atoms with Gasteiger partial charge in [-0.2, -0.15) is 0 Å². The molecular formula is C50H91NO13. The fraction of sp³-hybridized carbons (Fsp3) is 0.860. The Morgan fingerprint density at radius 1 is 0.547 bits per heavy atom. The van der Waals surface area contributed by atoms with Crippen LogP contribution in [0, 0.1) is 0 Å². The second-order valence-corrected chi connectivity index (χ2v) is 17.9. The first-order valence-electron chi connectivity index (χ1n) is 25.2. The Morgan fingerprint density at radius 2 is 1.00 bits per heavy atom. The summed E-state index contributed by atoms with van der Waals surface area (Å²) < 4.78 is 22.6. The Hall–Kier alpha value is -1.79. The van der Waals surface area contributed by atoms with Crippen LogP contribution < -0.4 is 5.32 Å². The molecule has 0 aromatic carbocycles. The van der Waals surface area contributed by atoms with Crippen LogP contribution in [-0.4, -0.2) is 140 Å². The van der Waals surface area contributed by atoms with Gasteiger partial charge in [-0.1, -0.05) is 166 Å². The van der Waals surface area contributed by atoms with Crippen molar-refractivity contribution in [2.75, 3.05) is 19.8 Å². The lowest BCUT2D eigenvalue weighted by Gasteiger charge is -2.46. The van der Waals surface area contributed by atoms with Crippen molar-refractivity contribution in [2.45, 2.75) is 254 Å². The van der Waals surface area contributed by atoms with Gasteiger partial charge in [-0.25, -0.2) is 0 Å². The number of aliphatic hydroxyl groups is 8. The van der Waals surface area contributed by atoms with Crippen LogP contribution in [0.2, 0.25) is 0 Å². The van der Waals surface area contributed by atoms with E-state index in [0.29, 0.717) is 12.8 Å². The topological polar surface area (TPSA) is 228 Å². The molecule has 0 radical (unpaired) electrons. The average molecular weight is 914 g/mol. The summed E-state index contributed by atoms with van der Waals surface area (Å²) in [5, 5.41) is 86.6. The molecule has 0 saturated carbocycles. The first-order chi connectivity index (χ1) is 31.1. The van der Waals surface area contributed by atoms with Gasteiger partial charge in [0.05, 0.1) is 32.0 Å². The molecule has 0 aliphatic carbocycles. The summed E-state index contributed by atoms with van der Waals surface area (Å²) in [7, 11) is 0. The lowest BCUT2D eigenvalue weighted by atomic mass is 9.97. The highest BCUT2D eigenvalue weighted by Crippen LogP contribution is 2.30. The number of carbonyl (C=O) groups is 1. The van der Waals surface area contributed by atoms with Gasteiger partial charge < -0.3 is 65.1 Å². The van der Waals surface area contributed by atoms with E-state index in [9.17, 15) is 45.6 Å². The molecule has 14 nitrogen and oxygen atoms in total. The van der Waals surface area contributed by atoms with Crippen LogP contribution in [0.15, 0.2) is 36.5 Å². The van der Waals surface area contributed by atoms with Gasteiger partial charge in [-0.05, 0) is 44.9 Å². The standard InChI is InChI=1S/C50H91NO13/c1-3-5-7-9-11-13-15-17-18-19-20-21-22-23-25-27-29-31-33-39(54)38(51-42(55)34-32-30-28-26-24-16-14-12-10-8-6-4-2)37-61-49-47(60)45(58)48(41(36-53)63-49)64-50-46(59)44(57)43(56)40(35-52)62-50/h19-20,23,25,31,33,38-41,43-50,52-54,56-60H,3-18,21-22,24,26-30,32,34-37H2,1-2H3,(H,51,55)/b20-19+,25-23+,33-31+. The molecule has 12 unspecified atom stereocenters. The third-order valence-corrected chi connectivity index (χ3v) is 12.3. The summed E-state index contributed by atoms with van der Waals surface area (Å²) in [5.41, 5.74) is 0. The van der Waals surface area contributed by atoms with Gasteiger partial charge in [0, 0.05) is 6.42 Å². The molecule has 1 amide bonds. The van der Waals surface area contributed by atoms with Crippen molar-refractivity contribution in [3.05, 3.63) is 36.5 Å². The quantitative estimate of drug-likeness (QED) is 0.0244. The van der Waals surface area contributed by atoms with Crippen molar-refractivity contribution in [1.29, 1.82) is 0 Å². The van der Waals surface area contributed by atoms with Crippen LogP contribution in [0.25, 0.3) is 0 Å². The largest absolute Gasteiger partial charge is 0.394 e. The number of allylic oxidation sites excluding steroid dienone is 5. The van der Waals surface area contributed by atoms with Crippen LogP contribution >= 0.6 is 0 Å². The Bertz CT molecular complexity index is 1220. The second-order valence-electron chi connectivity index (χ2n) is 17.9. The molecular weight excluding hydrogens is 823 g/mol. The highest BCUT2D eigenvalue weighted by molar-refractivity contribution is 5.76. The zero-order chi connectivity index (χ0) is 46.8. The van der Waals surface area contributed by atoms with Crippen molar-refractivity contribution < 1.29 is 64.6 Å². The lowest BCUT2D eigenvalue weighted by molar-refractivity contribution is -0.359. The van der Waals surface area contributed by atoms with Crippen molar-refractivity contribution in [1.82, 2.24) is 5.32 Å². The van der Waals surface area contributed by atoms with E-state index in [4.69, 9.17) is 18.9 Å². The molecule has 9 N–H and O–H groups in total. The Kier molecular flexibility index (Phi) is 33.9. The summed E-state index contributed by atoms with van der Waals surface area (Å²) in [6.07, 6.45) is 24.7. The van der Waals surface area contributed by atoms with Crippen LogP contribution in [0.3, 0.4) is 0 Å². The molecule has 14 heteroatoms. The third kappa shape index (κ3) is 24.3. The monoisotopic (exact) mass is 914 g/mol. The minimum atomic E-state index is -1.79. The van der Waals surface area contributed by atoms with E-state index in [0.717, 1.165) is 44.9 Å². The molecule has 2 aliphatic heterocycles. The minimum Gasteiger partial charge on any atom is -0.394 e. The molecule has 0 aromatic rings. The molecule has 2 rings (SSSR count). The first-order valence-corrected chi connectivity index (χ1v) is 25.2. The molecule has 0 bridgehead atoms. The molecule has 12 atom stereocenters. The van der Waals surface area contributed by atoms with Crippen LogP contribution in [0.1, 0.15) is 181 Å². The van der Waals surface area contributed by atoms with Crippen molar-refractivity contribution in [3.63, 3.8) is 0 Å². The maximum absolute atomic E-state index is 13.1. The van der Waals surface area contributed by atoms with E-state index in [1.54, 1.807) is 6.08 Å². The first kappa shape index (κ1) is 58.3. The van der Waals surface area contributed by atoms with Crippen LogP contribution in [-0.2, 0) is 23.7 Å². The fourth-order valence-electron chi connectivity index (χ4n) is 8.14. The minimum absolute atomic E-state index is 0.255. The third-order valence-electron chi connectivity index (χ3n) is 12.3.